The lowest BCUT2D eigenvalue weighted by molar-refractivity contribution is -0.116. The SMILES string of the molecule is Cc1ccc(NC(=O)Cn2c(=O)n(C)c3c(-c4cnn(CCc5ncn[nH]5)c4)cc(C)cc32)cc1. The van der Waals surface area contributed by atoms with Gasteiger partial charge < -0.3 is 5.32 Å². The second kappa shape index (κ2) is 9.05. The number of hydrogen-bond acceptors (Lipinski definition) is 5. The number of imidazole rings is 1. The predicted octanol–water partition coefficient (Wildman–Crippen LogP) is 2.82. The first-order valence-electron chi connectivity index (χ1n) is 11.3. The summed E-state index contributed by atoms with van der Waals surface area (Å²) in [6.45, 7) is 4.53. The lowest BCUT2D eigenvalue weighted by atomic mass is 10.0. The van der Waals surface area contributed by atoms with Crippen LogP contribution in [0.4, 0.5) is 5.69 Å². The minimum Gasteiger partial charge on any atom is -0.325 e. The van der Waals surface area contributed by atoms with Gasteiger partial charge >= 0.3 is 5.69 Å². The van der Waals surface area contributed by atoms with E-state index in [1.807, 2.05) is 61.1 Å². The standard InChI is InChI=1S/C25H26N8O2/c1-16-4-6-19(7-5-16)29-23(34)14-33-21-11-17(2)10-20(24(21)31(3)25(33)35)18-12-28-32(13-18)9-8-22-26-15-27-30-22/h4-7,10-13,15H,8-9,14H2,1-3H3,(H,29,34)(H,26,27,30). The lowest BCUT2D eigenvalue weighted by Crippen LogP contribution is -2.28. The summed E-state index contributed by atoms with van der Waals surface area (Å²) in [6, 6.07) is 11.5. The van der Waals surface area contributed by atoms with Gasteiger partial charge in [-0.25, -0.2) is 9.78 Å². The summed E-state index contributed by atoms with van der Waals surface area (Å²) in [5.74, 6) is 0.537. The Balaban J connectivity index is 1.46. The highest BCUT2D eigenvalue weighted by Gasteiger charge is 2.19. The van der Waals surface area contributed by atoms with Crippen LogP contribution < -0.4 is 11.0 Å². The van der Waals surface area contributed by atoms with Gasteiger partial charge in [0.2, 0.25) is 5.91 Å². The van der Waals surface area contributed by atoms with E-state index in [1.54, 1.807) is 17.8 Å². The number of aryl methyl sites for hydroxylation is 5. The first-order valence-corrected chi connectivity index (χ1v) is 11.3. The quantitative estimate of drug-likeness (QED) is 0.380. The Morgan fingerprint density at radius 1 is 1.11 bits per heavy atom. The smallest absolute Gasteiger partial charge is 0.325 e. The molecule has 5 rings (SSSR count). The number of nitrogens with one attached hydrogen (secondary N) is 2. The highest BCUT2D eigenvalue weighted by molar-refractivity contribution is 5.95. The maximum Gasteiger partial charge on any atom is 0.329 e. The summed E-state index contributed by atoms with van der Waals surface area (Å²) in [7, 11) is 1.73. The Morgan fingerprint density at radius 3 is 2.66 bits per heavy atom. The van der Waals surface area contributed by atoms with E-state index < -0.39 is 0 Å². The van der Waals surface area contributed by atoms with Crippen LogP contribution in [-0.4, -0.2) is 40.0 Å². The van der Waals surface area contributed by atoms with E-state index in [4.69, 9.17) is 0 Å². The van der Waals surface area contributed by atoms with E-state index in [0.717, 1.165) is 33.6 Å². The fourth-order valence-electron chi connectivity index (χ4n) is 4.25. The molecular formula is C25H26N8O2. The van der Waals surface area contributed by atoms with Crippen molar-refractivity contribution in [2.45, 2.75) is 33.4 Å². The van der Waals surface area contributed by atoms with Crippen molar-refractivity contribution in [1.29, 1.82) is 0 Å². The number of fused-ring (bicyclic) bond motifs is 1. The molecule has 0 bridgehead atoms. The minimum atomic E-state index is -0.258. The number of amides is 1. The van der Waals surface area contributed by atoms with Gasteiger partial charge in [-0.15, -0.1) is 0 Å². The zero-order valence-electron chi connectivity index (χ0n) is 19.8. The Morgan fingerprint density at radius 2 is 1.91 bits per heavy atom. The van der Waals surface area contributed by atoms with Crippen molar-refractivity contribution >= 4 is 22.6 Å². The zero-order chi connectivity index (χ0) is 24.5. The predicted molar refractivity (Wildman–Crippen MR) is 133 cm³/mol. The van der Waals surface area contributed by atoms with Crippen LogP contribution in [0.3, 0.4) is 0 Å². The molecule has 2 N–H and O–H groups in total. The highest BCUT2D eigenvalue weighted by Crippen LogP contribution is 2.29. The van der Waals surface area contributed by atoms with E-state index >= 15 is 0 Å². The van der Waals surface area contributed by atoms with Crippen LogP contribution >= 0.6 is 0 Å². The van der Waals surface area contributed by atoms with Crippen molar-refractivity contribution in [3.8, 4) is 11.1 Å². The lowest BCUT2D eigenvalue weighted by Gasteiger charge is -2.08. The molecule has 35 heavy (non-hydrogen) atoms. The number of carbonyl (C=O) groups excluding carboxylic acids is 1. The van der Waals surface area contributed by atoms with Gasteiger partial charge in [-0.05, 0) is 43.7 Å². The zero-order valence-corrected chi connectivity index (χ0v) is 19.8. The Hall–Kier alpha value is -4.47. The Labute approximate surface area is 201 Å². The second-order valence-electron chi connectivity index (χ2n) is 8.70. The maximum absolute atomic E-state index is 13.2. The number of hydrogen-bond donors (Lipinski definition) is 2. The molecule has 2 aromatic carbocycles. The summed E-state index contributed by atoms with van der Waals surface area (Å²) >= 11 is 0. The maximum atomic E-state index is 13.2. The van der Waals surface area contributed by atoms with Gasteiger partial charge in [0.1, 0.15) is 18.7 Å². The van der Waals surface area contributed by atoms with Crippen LogP contribution in [0.5, 0.6) is 0 Å². The second-order valence-corrected chi connectivity index (χ2v) is 8.70. The van der Waals surface area contributed by atoms with Crippen molar-refractivity contribution in [3.05, 3.63) is 82.6 Å². The summed E-state index contributed by atoms with van der Waals surface area (Å²) < 4.78 is 4.95. The van der Waals surface area contributed by atoms with E-state index in [0.29, 0.717) is 24.2 Å². The van der Waals surface area contributed by atoms with Gasteiger partial charge in [-0.3, -0.25) is 23.7 Å². The van der Waals surface area contributed by atoms with Crippen LogP contribution in [0.2, 0.25) is 0 Å². The molecule has 0 atom stereocenters. The number of anilines is 1. The van der Waals surface area contributed by atoms with Gasteiger partial charge in [0.05, 0.1) is 17.2 Å². The van der Waals surface area contributed by atoms with Gasteiger partial charge in [-0.2, -0.15) is 10.2 Å². The summed E-state index contributed by atoms with van der Waals surface area (Å²) in [6.07, 6.45) is 5.91. The number of aromatic amines is 1. The molecule has 10 heteroatoms. The molecule has 0 unspecified atom stereocenters. The number of benzene rings is 2. The van der Waals surface area contributed by atoms with Crippen molar-refractivity contribution in [2.75, 3.05) is 5.32 Å². The van der Waals surface area contributed by atoms with E-state index in [1.165, 1.54) is 10.9 Å². The number of carbonyl (C=O) groups is 1. The molecule has 0 aliphatic carbocycles. The Kier molecular flexibility index (Phi) is 5.77. The minimum absolute atomic E-state index is 0.0800. The van der Waals surface area contributed by atoms with Gasteiger partial charge in [0.15, 0.2) is 0 Å². The molecule has 0 aliphatic rings. The van der Waals surface area contributed by atoms with Crippen LogP contribution in [0.15, 0.2) is 59.9 Å². The first-order chi connectivity index (χ1) is 16.9. The fraction of sp³-hybridized carbons (Fsp3) is 0.240. The molecule has 178 valence electrons. The average molecular weight is 471 g/mol. The molecular weight excluding hydrogens is 444 g/mol. The monoisotopic (exact) mass is 470 g/mol. The van der Waals surface area contributed by atoms with Crippen LogP contribution in [-0.2, 0) is 31.4 Å². The molecule has 0 radical (unpaired) electrons. The Bertz CT molecular complexity index is 1560. The van der Waals surface area contributed by atoms with Gasteiger partial charge in [-0.1, -0.05) is 17.7 Å². The molecule has 0 fully saturated rings. The third-order valence-corrected chi connectivity index (χ3v) is 6.00. The van der Waals surface area contributed by atoms with Crippen LogP contribution in [0.25, 0.3) is 22.2 Å². The topological polar surface area (TPSA) is 115 Å². The summed E-state index contributed by atoms with van der Waals surface area (Å²) in [5.41, 5.74) is 5.81. The third kappa shape index (κ3) is 4.50. The van der Waals surface area contributed by atoms with Gasteiger partial charge in [0.25, 0.3) is 0 Å². The van der Waals surface area contributed by atoms with E-state index in [-0.39, 0.29) is 18.1 Å². The molecule has 1 amide bonds. The van der Waals surface area contributed by atoms with E-state index in [2.05, 4.69) is 25.6 Å². The highest BCUT2D eigenvalue weighted by atomic mass is 16.2. The molecule has 10 nitrogen and oxygen atoms in total. The largest absolute Gasteiger partial charge is 0.329 e. The number of H-pyrrole nitrogens is 1. The molecule has 0 aliphatic heterocycles. The van der Waals surface area contributed by atoms with Crippen molar-refractivity contribution in [2.24, 2.45) is 7.05 Å². The number of nitrogens with zero attached hydrogens (tertiary/aromatic N) is 6. The van der Waals surface area contributed by atoms with Crippen molar-refractivity contribution in [3.63, 3.8) is 0 Å². The summed E-state index contributed by atoms with van der Waals surface area (Å²) in [4.78, 5) is 30.1. The first kappa shape index (κ1) is 22.3. The molecule has 0 saturated carbocycles. The summed E-state index contributed by atoms with van der Waals surface area (Å²) in [5, 5.41) is 14.1. The molecule has 0 saturated heterocycles. The van der Waals surface area contributed by atoms with Crippen LogP contribution in [0.1, 0.15) is 17.0 Å². The molecule has 0 spiro atoms. The van der Waals surface area contributed by atoms with Crippen molar-refractivity contribution in [1.82, 2.24) is 34.1 Å². The molecule has 3 aromatic heterocycles. The van der Waals surface area contributed by atoms with E-state index in [9.17, 15) is 9.59 Å². The molecule has 3 heterocycles. The third-order valence-electron chi connectivity index (χ3n) is 6.00. The molecule has 5 aromatic rings. The average Bonchev–Trinajstić information content (AvgIpc) is 3.57. The normalized spacial score (nSPS) is 11.3. The number of aromatic nitrogens is 7. The fourth-order valence-corrected chi connectivity index (χ4v) is 4.25. The van der Waals surface area contributed by atoms with Gasteiger partial charge in [0, 0.05) is 43.0 Å². The number of rotatable bonds is 7. The van der Waals surface area contributed by atoms with Crippen molar-refractivity contribution < 1.29 is 4.79 Å². The van der Waals surface area contributed by atoms with Crippen LogP contribution in [0, 0.1) is 13.8 Å².